The van der Waals surface area contributed by atoms with E-state index in [1.54, 1.807) is 18.2 Å². The molecule has 0 aliphatic heterocycles. The number of benzene rings is 1. The molecule has 6 nitrogen and oxygen atoms in total. The summed E-state index contributed by atoms with van der Waals surface area (Å²) in [6, 6.07) is 6.24. The van der Waals surface area contributed by atoms with Crippen LogP contribution in [-0.2, 0) is 9.59 Å². The van der Waals surface area contributed by atoms with Gasteiger partial charge in [-0.25, -0.2) is 0 Å². The van der Waals surface area contributed by atoms with Crippen molar-refractivity contribution in [2.45, 2.75) is 13.3 Å². The molecule has 2 amide bonds. The predicted molar refractivity (Wildman–Crippen MR) is 70.9 cm³/mol. The first-order valence-electron chi connectivity index (χ1n) is 6.35. The van der Waals surface area contributed by atoms with Crippen molar-refractivity contribution in [1.82, 2.24) is 5.32 Å². The highest BCUT2D eigenvalue weighted by Gasteiger charge is 2.40. The Morgan fingerprint density at radius 3 is 2.70 bits per heavy atom. The fourth-order valence-electron chi connectivity index (χ4n) is 1.81. The SMILES string of the molecule is CC1CC1C(=O)Oc1cccc(C(=O)NCC(N)=O)c1. The maximum absolute atomic E-state index is 11.7. The number of esters is 1. The van der Waals surface area contributed by atoms with Crippen molar-refractivity contribution >= 4 is 17.8 Å². The van der Waals surface area contributed by atoms with Crippen LogP contribution >= 0.6 is 0 Å². The summed E-state index contributed by atoms with van der Waals surface area (Å²) in [7, 11) is 0. The summed E-state index contributed by atoms with van der Waals surface area (Å²) in [6.07, 6.45) is 0.845. The van der Waals surface area contributed by atoms with Crippen LogP contribution in [0.25, 0.3) is 0 Å². The first-order chi connectivity index (χ1) is 9.47. The molecule has 3 N–H and O–H groups in total. The maximum atomic E-state index is 11.7. The molecule has 0 saturated heterocycles. The van der Waals surface area contributed by atoms with Gasteiger partial charge in [0.15, 0.2) is 0 Å². The summed E-state index contributed by atoms with van der Waals surface area (Å²) in [4.78, 5) is 34.0. The molecule has 0 radical (unpaired) electrons. The van der Waals surface area contributed by atoms with Gasteiger partial charge in [-0.1, -0.05) is 13.0 Å². The Kier molecular flexibility index (Phi) is 4.02. The molecule has 6 heteroatoms. The quantitative estimate of drug-likeness (QED) is 0.603. The van der Waals surface area contributed by atoms with Crippen LogP contribution in [0.1, 0.15) is 23.7 Å². The molecule has 0 bridgehead atoms. The standard InChI is InChI=1S/C14H16N2O4/c1-8-5-11(8)14(19)20-10-4-2-3-9(6-10)13(18)16-7-12(15)17/h2-4,6,8,11H,5,7H2,1H3,(H2,15,17)(H,16,18). The summed E-state index contributed by atoms with van der Waals surface area (Å²) in [5.41, 5.74) is 5.25. The zero-order chi connectivity index (χ0) is 14.7. The second kappa shape index (κ2) is 5.73. The molecule has 2 rings (SSSR count). The summed E-state index contributed by atoms with van der Waals surface area (Å²) in [5.74, 6) is -0.690. The highest BCUT2D eigenvalue weighted by molar-refractivity contribution is 5.96. The summed E-state index contributed by atoms with van der Waals surface area (Å²) >= 11 is 0. The first-order valence-corrected chi connectivity index (χ1v) is 6.35. The van der Waals surface area contributed by atoms with E-state index in [4.69, 9.17) is 10.5 Å². The number of rotatable bonds is 5. The van der Waals surface area contributed by atoms with Crippen molar-refractivity contribution in [3.63, 3.8) is 0 Å². The summed E-state index contributed by atoms with van der Waals surface area (Å²) < 4.78 is 5.21. The van der Waals surface area contributed by atoms with Crippen molar-refractivity contribution in [2.75, 3.05) is 6.54 Å². The van der Waals surface area contributed by atoms with E-state index in [0.29, 0.717) is 17.2 Å². The van der Waals surface area contributed by atoms with Gasteiger partial charge in [-0.15, -0.1) is 0 Å². The van der Waals surface area contributed by atoms with Gasteiger partial charge >= 0.3 is 5.97 Å². The molecular weight excluding hydrogens is 260 g/mol. The molecule has 0 aromatic heterocycles. The Morgan fingerprint density at radius 2 is 2.10 bits per heavy atom. The van der Waals surface area contributed by atoms with Crippen LogP contribution in [-0.4, -0.2) is 24.3 Å². The Balaban J connectivity index is 1.98. The number of ether oxygens (including phenoxy) is 1. The Bertz CT molecular complexity index is 556. The normalized spacial score (nSPS) is 20.1. The number of nitrogens with one attached hydrogen (secondary N) is 1. The number of carbonyl (C=O) groups excluding carboxylic acids is 3. The Morgan fingerprint density at radius 1 is 1.40 bits per heavy atom. The molecule has 0 heterocycles. The number of carbonyl (C=O) groups is 3. The first kappa shape index (κ1) is 14.0. The molecule has 20 heavy (non-hydrogen) atoms. The van der Waals surface area contributed by atoms with Gasteiger partial charge in [0, 0.05) is 5.56 Å². The number of hydrogen-bond donors (Lipinski definition) is 2. The van der Waals surface area contributed by atoms with Crippen LogP contribution in [0.3, 0.4) is 0 Å². The monoisotopic (exact) mass is 276 g/mol. The highest BCUT2D eigenvalue weighted by Crippen LogP contribution is 2.38. The van der Waals surface area contributed by atoms with Gasteiger partial charge in [0.2, 0.25) is 5.91 Å². The molecule has 1 aromatic carbocycles. The minimum Gasteiger partial charge on any atom is -0.426 e. The molecule has 2 atom stereocenters. The Hall–Kier alpha value is -2.37. The molecule has 1 saturated carbocycles. The van der Waals surface area contributed by atoms with Gasteiger partial charge in [-0.05, 0) is 30.5 Å². The third-order valence-electron chi connectivity index (χ3n) is 3.15. The van der Waals surface area contributed by atoms with Crippen LogP contribution in [0.2, 0.25) is 0 Å². The van der Waals surface area contributed by atoms with Gasteiger partial charge in [-0.2, -0.15) is 0 Å². The molecule has 1 fully saturated rings. The fourth-order valence-corrected chi connectivity index (χ4v) is 1.81. The van der Waals surface area contributed by atoms with Crippen molar-refractivity contribution in [3.05, 3.63) is 29.8 Å². The van der Waals surface area contributed by atoms with E-state index in [1.165, 1.54) is 6.07 Å². The van der Waals surface area contributed by atoms with E-state index in [9.17, 15) is 14.4 Å². The highest BCUT2D eigenvalue weighted by atomic mass is 16.5. The van der Waals surface area contributed by atoms with Crippen LogP contribution in [0, 0.1) is 11.8 Å². The van der Waals surface area contributed by atoms with Gasteiger partial charge in [0.25, 0.3) is 5.91 Å². The molecule has 0 spiro atoms. The summed E-state index contributed by atoms with van der Waals surface area (Å²) in [6.45, 7) is 1.75. The largest absolute Gasteiger partial charge is 0.426 e. The predicted octanol–water partition coefficient (Wildman–Crippen LogP) is 0.463. The third-order valence-corrected chi connectivity index (χ3v) is 3.15. The summed E-state index contributed by atoms with van der Waals surface area (Å²) in [5, 5.41) is 2.37. The van der Waals surface area contributed by atoms with Crippen molar-refractivity contribution in [1.29, 1.82) is 0 Å². The maximum Gasteiger partial charge on any atom is 0.314 e. The minimum atomic E-state index is -0.622. The second-order valence-electron chi connectivity index (χ2n) is 4.92. The molecular formula is C14H16N2O4. The van der Waals surface area contributed by atoms with Crippen LogP contribution in [0.15, 0.2) is 24.3 Å². The number of hydrogen-bond acceptors (Lipinski definition) is 4. The lowest BCUT2D eigenvalue weighted by molar-refractivity contribution is -0.136. The fraction of sp³-hybridized carbons (Fsp3) is 0.357. The lowest BCUT2D eigenvalue weighted by Gasteiger charge is -2.06. The van der Waals surface area contributed by atoms with Gasteiger partial charge in [-0.3, -0.25) is 14.4 Å². The molecule has 1 aromatic rings. The van der Waals surface area contributed by atoms with Crippen molar-refractivity contribution < 1.29 is 19.1 Å². The van der Waals surface area contributed by atoms with E-state index in [1.807, 2.05) is 6.92 Å². The number of nitrogens with two attached hydrogens (primary N) is 1. The molecule has 1 aliphatic rings. The second-order valence-corrected chi connectivity index (χ2v) is 4.92. The molecule has 2 unspecified atom stereocenters. The van der Waals surface area contributed by atoms with E-state index in [-0.39, 0.29) is 18.4 Å². The molecule has 1 aliphatic carbocycles. The van der Waals surface area contributed by atoms with Crippen molar-refractivity contribution in [2.24, 2.45) is 17.6 Å². The minimum absolute atomic E-state index is 0.0395. The van der Waals surface area contributed by atoms with E-state index < -0.39 is 11.8 Å². The van der Waals surface area contributed by atoms with Crippen LogP contribution in [0.4, 0.5) is 0 Å². The lowest BCUT2D eigenvalue weighted by atomic mass is 10.2. The van der Waals surface area contributed by atoms with E-state index in [2.05, 4.69) is 5.32 Å². The third kappa shape index (κ3) is 3.57. The van der Waals surface area contributed by atoms with E-state index in [0.717, 1.165) is 6.42 Å². The smallest absolute Gasteiger partial charge is 0.314 e. The van der Waals surface area contributed by atoms with Gasteiger partial charge in [0.05, 0.1) is 12.5 Å². The molecule has 106 valence electrons. The van der Waals surface area contributed by atoms with Gasteiger partial charge < -0.3 is 15.8 Å². The topological polar surface area (TPSA) is 98.5 Å². The van der Waals surface area contributed by atoms with Gasteiger partial charge in [0.1, 0.15) is 5.75 Å². The van der Waals surface area contributed by atoms with E-state index >= 15 is 0 Å². The zero-order valence-electron chi connectivity index (χ0n) is 11.1. The van der Waals surface area contributed by atoms with Crippen LogP contribution in [0.5, 0.6) is 5.75 Å². The number of amides is 2. The average Bonchev–Trinajstić information content (AvgIpc) is 3.13. The zero-order valence-corrected chi connectivity index (χ0v) is 11.1. The Labute approximate surface area is 116 Å². The van der Waals surface area contributed by atoms with Crippen molar-refractivity contribution in [3.8, 4) is 5.75 Å². The lowest BCUT2D eigenvalue weighted by Crippen LogP contribution is -2.33. The number of primary amides is 1. The average molecular weight is 276 g/mol. The van der Waals surface area contributed by atoms with Crippen LogP contribution < -0.4 is 15.8 Å².